The average Bonchev–Trinajstić information content (AvgIpc) is 3.08. The Morgan fingerprint density at radius 2 is 1.87 bits per heavy atom. The highest BCUT2D eigenvalue weighted by Gasteiger charge is 2.07. The van der Waals surface area contributed by atoms with E-state index in [-0.39, 0.29) is 6.54 Å². The van der Waals surface area contributed by atoms with Crippen molar-refractivity contribution in [3.8, 4) is 11.1 Å². The Bertz CT molecular complexity index is 1040. The topological polar surface area (TPSA) is 60.0 Å². The summed E-state index contributed by atoms with van der Waals surface area (Å²) in [6, 6.07) is 14.2. The zero-order valence-corrected chi connectivity index (χ0v) is 12.6. The molecule has 0 saturated carbocycles. The number of fused-ring (bicyclic) bond motifs is 2. The molecule has 0 spiro atoms. The molecule has 2 heterocycles. The summed E-state index contributed by atoms with van der Waals surface area (Å²) >= 11 is 0. The first-order chi connectivity index (χ1) is 11.1. The van der Waals surface area contributed by atoms with Crippen LogP contribution in [0.4, 0.5) is 0 Å². The molecule has 5 nitrogen and oxygen atoms in total. The van der Waals surface area contributed by atoms with Crippen LogP contribution in [0.3, 0.4) is 0 Å². The van der Waals surface area contributed by atoms with E-state index in [0.29, 0.717) is 0 Å². The van der Waals surface area contributed by atoms with Crippen molar-refractivity contribution >= 4 is 27.8 Å². The fourth-order valence-corrected chi connectivity index (χ4v) is 2.98. The number of carboxylic acid groups (broad SMARTS) is 1. The van der Waals surface area contributed by atoms with Gasteiger partial charge in [-0.05, 0) is 35.4 Å². The lowest BCUT2D eigenvalue weighted by Crippen LogP contribution is -2.06. The molecule has 2 aromatic carbocycles. The van der Waals surface area contributed by atoms with Crippen LogP contribution in [0, 0.1) is 0 Å². The molecule has 4 aromatic rings. The summed E-state index contributed by atoms with van der Waals surface area (Å²) in [6.07, 6.45) is 3.80. The second kappa shape index (κ2) is 4.98. The Kier molecular flexibility index (Phi) is 2.94. The lowest BCUT2D eigenvalue weighted by atomic mass is 10.0. The molecule has 0 aliphatic rings. The Hall–Kier alpha value is -3.08. The maximum absolute atomic E-state index is 10.9. The Labute approximate surface area is 132 Å². The number of aromatic nitrogens is 3. The average molecular weight is 305 g/mol. The van der Waals surface area contributed by atoms with Gasteiger partial charge in [0.15, 0.2) is 0 Å². The summed E-state index contributed by atoms with van der Waals surface area (Å²) in [6.45, 7) is -0.0251. The Morgan fingerprint density at radius 3 is 2.70 bits per heavy atom. The molecule has 0 saturated heterocycles. The third-order valence-electron chi connectivity index (χ3n) is 4.03. The highest BCUT2D eigenvalue weighted by molar-refractivity contribution is 5.89. The molecule has 0 atom stereocenters. The summed E-state index contributed by atoms with van der Waals surface area (Å²) in [7, 11) is 1.91. The molecule has 0 bridgehead atoms. The van der Waals surface area contributed by atoms with Gasteiger partial charge in [0, 0.05) is 35.7 Å². The summed E-state index contributed by atoms with van der Waals surface area (Å²) in [5, 5.41) is 15.5. The minimum Gasteiger partial charge on any atom is -0.480 e. The van der Waals surface area contributed by atoms with Gasteiger partial charge in [-0.15, -0.1) is 0 Å². The third kappa shape index (κ3) is 2.36. The van der Waals surface area contributed by atoms with Gasteiger partial charge in [0.1, 0.15) is 6.54 Å². The maximum atomic E-state index is 10.9. The van der Waals surface area contributed by atoms with Crippen molar-refractivity contribution in [2.45, 2.75) is 6.54 Å². The second-order valence-corrected chi connectivity index (χ2v) is 5.69. The van der Waals surface area contributed by atoms with Gasteiger partial charge in [0.2, 0.25) is 0 Å². The van der Waals surface area contributed by atoms with E-state index in [1.54, 1.807) is 4.57 Å². The molecule has 0 unspecified atom stereocenters. The summed E-state index contributed by atoms with van der Waals surface area (Å²) < 4.78 is 3.55. The molecule has 0 fully saturated rings. The number of aliphatic carboxylic acids is 1. The second-order valence-electron chi connectivity index (χ2n) is 5.69. The van der Waals surface area contributed by atoms with E-state index >= 15 is 0 Å². The minimum atomic E-state index is -0.841. The largest absolute Gasteiger partial charge is 0.480 e. The van der Waals surface area contributed by atoms with Crippen LogP contribution in [-0.4, -0.2) is 25.4 Å². The number of benzene rings is 2. The monoisotopic (exact) mass is 305 g/mol. The highest BCUT2D eigenvalue weighted by Crippen LogP contribution is 2.27. The van der Waals surface area contributed by atoms with E-state index in [1.807, 2.05) is 42.3 Å². The van der Waals surface area contributed by atoms with E-state index in [9.17, 15) is 4.79 Å². The minimum absolute atomic E-state index is 0.0251. The molecule has 23 heavy (non-hydrogen) atoms. The van der Waals surface area contributed by atoms with E-state index in [2.05, 4.69) is 29.4 Å². The number of rotatable bonds is 3. The van der Waals surface area contributed by atoms with Gasteiger partial charge in [-0.2, -0.15) is 5.10 Å². The molecular formula is C18H15N3O2. The van der Waals surface area contributed by atoms with E-state index in [0.717, 1.165) is 32.9 Å². The van der Waals surface area contributed by atoms with Crippen LogP contribution >= 0.6 is 0 Å². The van der Waals surface area contributed by atoms with Crippen LogP contribution in [0.25, 0.3) is 32.9 Å². The number of aryl methyl sites for hydroxylation is 1. The number of hydrogen-bond donors (Lipinski definition) is 1. The maximum Gasteiger partial charge on any atom is 0.323 e. The predicted octanol–water partition coefficient (Wildman–Crippen LogP) is 3.28. The first-order valence-corrected chi connectivity index (χ1v) is 7.35. The number of carbonyl (C=O) groups is 1. The van der Waals surface area contributed by atoms with Gasteiger partial charge in [0.05, 0.1) is 5.52 Å². The molecule has 1 N–H and O–H groups in total. The van der Waals surface area contributed by atoms with Crippen LogP contribution < -0.4 is 0 Å². The van der Waals surface area contributed by atoms with E-state index in [4.69, 9.17) is 5.11 Å². The molecule has 0 aliphatic carbocycles. The molecule has 4 rings (SSSR count). The van der Waals surface area contributed by atoms with Crippen molar-refractivity contribution < 1.29 is 9.90 Å². The fourth-order valence-electron chi connectivity index (χ4n) is 2.98. The standard InChI is InChI=1S/C18H15N3O2/c1-20-10-15-3-2-13(9-16(15)19-20)12-4-5-17-14(8-12)6-7-21(17)11-18(22)23/h2-10H,11H2,1H3,(H,22,23). The SMILES string of the molecule is Cn1cc2ccc(-c3ccc4c(ccn4CC(=O)O)c3)cc2n1. The van der Waals surface area contributed by atoms with Crippen molar-refractivity contribution in [1.82, 2.24) is 14.3 Å². The molecule has 5 heteroatoms. The molecule has 0 aliphatic heterocycles. The molecule has 114 valence electrons. The van der Waals surface area contributed by atoms with Crippen molar-refractivity contribution in [1.29, 1.82) is 0 Å². The summed E-state index contributed by atoms with van der Waals surface area (Å²) in [4.78, 5) is 10.9. The normalized spacial score (nSPS) is 11.3. The van der Waals surface area contributed by atoms with Crippen LogP contribution in [0.1, 0.15) is 0 Å². The Morgan fingerprint density at radius 1 is 1.09 bits per heavy atom. The Balaban J connectivity index is 1.79. The van der Waals surface area contributed by atoms with Gasteiger partial charge < -0.3 is 9.67 Å². The van der Waals surface area contributed by atoms with Gasteiger partial charge >= 0.3 is 5.97 Å². The fraction of sp³-hybridized carbons (Fsp3) is 0.111. The molecule has 0 amide bonds. The van der Waals surface area contributed by atoms with Crippen molar-refractivity contribution in [2.24, 2.45) is 7.05 Å². The number of nitrogens with zero attached hydrogens (tertiary/aromatic N) is 3. The number of carboxylic acids is 1. The molecule has 2 aromatic heterocycles. The van der Waals surface area contributed by atoms with Crippen LogP contribution in [-0.2, 0) is 18.4 Å². The number of hydrogen-bond acceptors (Lipinski definition) is 2. The lowest BCUT2D eigenvalue weighted by molar-refractivity contribution is -0.137. The summed E-state index contributed by atoms with van der Waals surface area (Å²) in [5.41, 5.74) is 4.09. The van der Waals surface area contributed by atoms with Gasteiger partial charge in [-0.3, -0.25) is 9.48 Å². The molecule has 0 radical (unpaired) electrons. The first-order valence-electron chi connectivity index (χ1n) is 7.35. The first kappa shape index (κ1) is 13.6. The van der Waals surface area contributed by atoms with Crippen LogP contribution in [0.15, 0.2) is 54.9 Å². The highest BCUT2D eigenvalue weighted by atomic mass is 16.4. The summed E-state index contributed by atoms with van der Waals surface area (Å²) in [5.74, 6) is -0.841. The van der Waals surface area contributed by atoms with Gasteiger partial charge in [-0.1, -0.05) is 18.2 Å². The van der Waals surface area contributed by atoms with Crippen LogP contribution in [0.2, 0.25) is 0 Å². The third-order valence-corrected chi connectivity index (χ3v) is 4.03. The quantitative estimate of drug-likeness (QED) is 0.632. The van der Waals surface area contributed by atoms with Crippen LogP contribution in [0.5, 0.6) is 0 Å². The zero-order chi connectivity index (χ0) is 16.0. The molecular weight excluding hydrogens is 290 g/mol. The van der Waals surface area contributed by atoms with Crippen molar-refractivity contribution in [3.05, 3.63) is 54.9 Å². The van der Waals surface area contributed by atoms with Crippen molar-refractivity contribution in [2.75, 3.05) is 0 Å². The van der Waals surface area contributed by atoms with Gasteiger partial charge in [-0.25, -0.2) is 0 Å². The smallest absolute Gasteiger partial charge is 0.323 e. The van der Waals surface area contributed by atoms with Gasteiger partial charge in [0.25, 0.3) is 0 Å². The van der Waals surface area contributed by atoms with E-state index < -0.39 is 5.97 Å². The van der Waals surface area contributed by atoms with Crippen molar-refractivity contribution in [3.63, 3.8) is 0 Å². The predicted molar refractivity (Wildman–Crippen MR) is 89.3 cm³/mol. The lowest BCUT2D eigenvalue weighted by Gasteiger charge is -2.05. The zero-order valence-electron chi connectivity index (χ0n) is 12.6. The van der Waals surface area contributed by atoms with E-state index in [1.165, 1.54) is 0 Å².